The Kier molecular flexibility index (Phi) is 7.79. The summed E-state index contributed by atoms with van der Waals surface area (Å²) in [4.78, 5) is 31.5. The predicted octanol–water partition coefficient (Wildman–Crippen LogP) is 4.57. The smallest absolute Gasteiger partial charge is 0.233 e. The van der Waals surface area contributed by atoms with E-state index in [-0.39, 0.29) is 17.6 Å². The molecule has 0 bridgehead atoms. The Hall–Kier alpha value is -2.93. The number of hydrogen-bond acceptors (Lipinski definition) is 4. The molecule has 0 spiro atoms. The van der Waals surface area contributed by atoms with Gasteiger partial charge in [0.05, 0.1) is 25.2 Å². The van der Waals surface area contributed by atoms with Crippen molar-refractivity contribution < 1.29 is 23.5 Å². The molecule has 2 aromatic rings. The van der Waals surface area contributed by atoms with Crippen molar-refractivity contribution in [2.75, 3.05) is 46.0 Å². The summed E-state index contributed by atoms with van der Waals surface area (Å²) < 4.78 is 25.9. The summed E-state index contributed by atoms with van der Waals surface area (Å²) in [5.74, 6) is 0.612. The fourth-order valence-corrected chi connectivity index (χ4v) is 6.39. The van der Waals surface area contributed by atoms with E-state index in [1.165, 1.54) is 12.1 Å². The van der Waals surface area contributed by atoms with Crippen molar-refractivity contribution >= 4 is 11.8 Å². The highest BCUT2D eigenvalue weighted by Crippen LogP contribution is 2.45. The van der Waals surface area contributed by atoms with Crippen LogP contribution in [0.4, 0.5) is 4.39 Å². The summed E-state index contributed by atoms with van der Waals surface area (Å²) in [6.07, 6.45) is 5.31. The Balaban J connectivity index is 1.39. The first kappa shape index (κ1) is 25.7. The van der Waals surface area contributed by atoms with Crippen molar-refractivity contribution in [1.82, 2.24) is 9.80 Å². The van der Waals surface area contributed by atoms with Crippen LogP contribution >= 0.6 is 0 Å². The number of benzene rings is 2. The van der Waals surface area contributed by atoms with Crippen LogP contribution in [0.2, 0.25) is 0 Å². The van der Waals surface area contributed by atoms with Gasteiger partial charge in [0.2, 0.25) is 11.8 Å². The summed E-state index contributed by atoms with van der Waals surface area (Å²) in [7, 11) is 0. The summed E-state index contributed by atoms with van der Waals surface area (Å²) >= 11 is 0. The Morgan fingerprint density at radius 3 is 2.38 bits per heavy atom. The molecule has 0 aromatic heterocycles. The number of amides is 2. The van der Waals surface area contributed by atoms with Crippen molar-refractivity contribution in [2.45, 2.75) is 50.4 Å². The number of carbonyl (C=O) groups excluding carboxylic acids is 2. The Morgan fingerprint density at radius 2 is 1.65 bits per heavy atom. The number of ether oxygens (including phenoxy) is 2. The lowest BCUT2D eigenvalue weighted by atomic mass is 9.74. The molecule has 1 unspecified atom stereocenters. The average molecular weight is 509 g/mol. The molecule has 5 rings (SSSR count). The Bertz CT molecular complexity index is 1080. The van der Waals surface area contributed by atoms with E-state index in [0.717, 1.165) is 49.8 Å². The van der Waals surface area contributed by atoms with Gasteiger partial charge in [0.25, 0.3) is 0 Å². The van der Waals surface area contributed by atoms with Crippen LogP contribution in [0.3, 0.4) is 0 Å². The minimum Gasteiger partial charge on any atom is -0.493 e. The maximum atomic E-state index is 14.2. The van der Waals surface area contributed by atoms with Crippen LogP contribution in [0.15, 0.2) is 54.6 Å². The van der Waals surface area contributed by atoms with Crippen molar-refractivity contribution in [2.24, 2.45) is 5.41 Å². The molecule has 6 nitrogen and oxygen atoms in total. The number of halogens is 1. The molecule has 2 saturated heterocycles. The molecule has 2 aliphatic heterocycles. The molecule has 198 valence electrons. The van der Waals surface area contributed by atoms with Gasteiger partial charge in [0.15, 0.2) is 0 Å². The molecule has 1 atom stereocenters. The van der Waals surface area contributed by atoms with Crippen molar-refractivity contribution in [3.63, 3.8) is 0 Å². The van der Waals surface area contributed by atoms with Crippen LogP contribution in [0.1, 0.15) is 50.5 Å². The lowest BCUT2D eigenvalue weighted by molar-refractivity contribution is -0.146. The largest absolute Gasteiger partial charge is 0.493 e. The second-order valence-corrected chi connectivity index (χ2v) is 10.9. The number of para-hydroxylation sites is 1. The first-order valence-electron chi connectivity index (χ1n) is 13.6. The molecule has 2 heterocycles. The molecule has 0 radical (unpaired) electrons. The monoisotopic (exact) mass is 508 g/mol. The van der Waals surface area contributed by atoms with Crippen molar-refractivity contribution in [3.8, 4) is 5.75 Å². The van der Waals surface area contributed by atoms with Crippen LogP contribution in [0.25, 0.3) is 0 Å². The fraction of sp³-hybridized carbons (Fsp3) is 0.533. The lowest BCUT2D eigenvalue weighted by Crippen LogP contribution is -2.55. The van der Waals surface area contributed by atoms with E-state index in [4.69, 9.17) is 9.47 Å². The number of morpholine rings is 1. The van der Waals surface area contributed by atoms with Gasteiger partial charge in [0, 0.05) is 38.0 Å². The summed E-state index contributed by atoms with van der Waals surface area (Å²) in [5, 5.41) is 0. The molecule has 2 amide bonds. The minimum absolute atomic E-state index is 0.0678. The van der Waals surface area contributed by atoms with Crippen LogP contribution in [-0.2, 0) is 19.7 Å². The summed E-state index contributed by atoms with van der Waals surface area (Å²) in [6.45, 7) is 3.78. The molecule has 0 N–H and O–H groups in total. The molecule has 3 aliphatic rings. The van der Waals surface area contributed by atoms with Gasteiger partial charge in [-0.3, -0.25) is 9.59 Å². The van der Waals surface area contributed by atoms with E-state index < -0.39 is 10.8 Å². The van der Waals surface area contributed by atoms with E-state index in [0.29, 0.717) is 52.4 Å². The number of carbonyl (C=O) groups is 2. The molecule has 2 aromatic carbocycles. The van der Waals surface area contributed by atoms with Gasteiger partial charge < -0.3 is 19.3 Å². The fourth-order valence-electron chi connectivity index (χ4n) is 6.39. The number of likely N-dealkylation sites (tertiary alicyclic amines) is 1. The SMILES string of the molecule is O=C(CC1(COc2ccccc2)CCCN(C(=O)C2(c3cccc(F)c3)CCCC2)C1)N1CCOCC1. The van der Waals surface area contributed by atoms with E-state index in [2.05, 4.69) is 0 Å². The van der Waals surface area contributed by atoms with Crippen LogP contribution in [0, 0.1) is 11.2 Å². The third-order valence-electron chi connectivity index (χ3n) is 8.37. The van der Waals surface area contributed by atoms with Crippen molar-refractivity contribution in [3.05, 3.63) is 66.0 Å². The van der Waals surface area contributed by atoms with Gasteiger partial charge in [-0.2, -0.15) is 0 Å². The van der Waals surface area contributed by atoms with E-state index in [1.807, 2.05) is 46.2 Å². The minimum atomic E-state index is -0.695. The third-order valence-corrected chi connectivity index (χ3v) is 8.37. The van der Waals surface area contributed by atoms with Gasteiger partial charge >= 0.3 is 0 Å². The van der Waals surface area contributed by atoms with Crippen LogP contribution in [-0.4, -0.2) is 67.6 Å². The van der Waals surface area contributed by atoms with Crippen molar-refractivity contribution in [1.29, 1.82) is 0 Å². The topological polar surface area (TPSA) is 59.1 Å². The second kappa shape index (κ2) is 11.2. The third kappa shape index (κ3) is 5.66. The average Bonchev–Trinajstić information content (AvgIpc) is 3.44. The first-order chi connectivity index (χ1) is 18.0. The van der Waals surface area contributed by atoms with Crippen LogP contribution in [0.5, 0.6) is 5.75 Å². The molecule has 1 saturated carbocycles. The zero-order valence-corrected chi connectivity index (χ0v) is 21.5. The highest BCUT2D eigenvalue weighted by molar-refractivity contribution is 5.89. The maximum absolute atomic E-state index is 14.2. The number of nitrogens with zero attached hydrogens (tertiary/aromatic N) is 2. The Morgan fingerprint density at radius 1 is 0.892 bits per heavy atom. The van der Waals surface area contributed by atoms with Gasteiger partial charge in [-0.25, -0.2) is 4.39 Å². The predicted molar refractivity (Wildman–Crippen MR) is 139 cm³/mol. The molecular formula is C30H37FN2O4. The Labute approximate surface area is 218 Å². The highest BCUT2D eigenvalue weighted by atomic mass is 19.1. The number of hydrogen-bond donors (Lipinski definition) is 0. The van der Waals surface area contributed by atoms with E-state index in [1.54, 1.807) is 6.07 Å². The maximum Gasteiger partial charge on any atom is 0.233 e. The highest BCUT2D eigenvalue weighted by Gasteiger charge is 2.48. The molecule has 1 aliphatic carbocycles. The summed E-state index contributed by atoms with van der Waals surface area (Å²) in [5.41, 5.74) is -0.406. The van der Waals surface area contributed by atoms with Crippen LogP contribution < -0.4 is 4.74 Å². The van der Waals surface area contributed by atoms with Gasteiger partial charge in [-0.05, 0) is 55.5 Å². The number of rotatable bonds is 7. The summed E-state index contributed by atoms with van der Waals surface area (Å²) in [6, 6.07) is 16.2. The van der Waals surface area contributed by atoms with Gasteiger partial charge in [-0.1, -0.05) is 43.2 Å². The van der Waals surface area contributed by atoms with Gasteiger partial charge in [-0.15, -0.1) is 0 Å². The normalized spacial score (nSPS) is 23.6. The number of piperidine rings is 1. The van der Waals surface area contributed by atoms with E-state index in [9.17, 15) is 14.0 Å². The second-order valence-electron chi connectivity index (χ2n) is 10.9. The zero-order chi connectivity index (χ0) is 25.7. The molecule has 3 fully saturated rings. The standard InChI is InChI=1S/C30H37FN2O4/c31-25-9-6-8-24(20-25)30(13-4-5-14-30)28(35)33-15-7-12-29(22-33,23-37-26-10-2-1-3-11-26)21-27(34)32-16-18-36-19-17-32/h1-3,6,8-11,20H,4-5,7,12-19,21-23H2. The molecule has 7 heteroatoms. The van der Waals surface area contributed by atoms with E-state index >= 15 is 0 Å². The zero-order valence-electron chi connectivity index (χ0n) is 21.5. The quantitative estimate of drug-likeness (QED) is 0.550. The molecular weight excluding hydrogens is 471 g/mol. The van der Waals surface area contributed by atoms with Gasteiger partial charge in [0.1, 0.15) is 11.6 Å². The molecule has 37 heavy (non-hydrogen) atoms. The lowest BCUT2D eigenvalue weighted by Gasteiger charge is -2.46. The first-order valence-corrected chi connectivity index (χ1v) is 13.6.